The van der Waals surface area contributed by atoms with Gasteiger partial charge in [0.05, 0.1) is 11.4 Å². The highest BCUT2D eigenvalue weighted by Gasteiger charge is 2.53. The van der Waals surface area contributed by atoms with Crippen molar-refractivity contribution in [2.45, 2.75) is 103 Å². The number of para-hydroxylation sites is 1. The van der Waals surface area contributed by atoms with Gasteiger partial charge in [-0.05, 0) is 57.6 Å². The predicted octanol–water partition coefficient (Wildman–Crippen LogP) is 5.76. The number of nitrogens with one attached hydrogen (secondary N) is 1. The summed E-state index contributed by atoms with van der Waals surface area (Å²) in [6, 6.07) is 9.91. The van der Waals surface area contributed by atoms with Crippen molar-refractivity contribution in [1.29, 1.82) is 0 Å². The molecule has 3 aliphatic rings. The zero-order valence-corrected chi connectivity index (χ0v) is 26.0. The van der Waals surface area contributed by atoms with Crippen LogP contribution in [0.3, 0.4) is 0 Å². The molecule has 1 saturated carbocycles. The molecular weight excluding hydrogens is 545 g/mol. The number of piperidine rings is 1. The topological polar surface area (TPSA) is 70.5 Å². The zero-order chi connectivity index (χ0) is 26.7. The van der Waals surface area contributed by atoms with Crippen molar-refractivity contribution in [2.75, 3.05) is 19.6 Å². The van der Waals surface area contributed by atoms with E-state index in [1.165, 1.54) is 37.7 Å². The van der Waals surface area contributed by atoms with Crippen LogP contribution in [0.15, 0.2) is 30.3 Å². The van der Waals surface area contributed by atoms with Crippen molar-refractivity contribution in [3.63, 3.8) is 0 Å². The predicted molar refractivity (Wildman–Crippen MR) is 165 cm³/mol. The first-order chi connectivity index (χ1) is 18.4. The number of amides is 2. The number of likely N-dealkylation sites (tertiary alicyclic amines) is 1. The normalized spacial score (nSPS) is 21.6. The molecule has 5 rings (SSSR count). The summed E-state index contributed by atoms with van der Waals surface area (Å²) in [5.74, 6) is 0.802. The highest BCUT2D eigenvalue weighted by Crippen LogP contribution is 2.36. The van der Waals surface area contributed by atoms with Crippen molar-refractivity contribution < 1.29 is 9.59 Å². The minimum Gasteiger partial charge on any atom is -0.342 e. The van der Waals surface area contributed by atoms with Gasteiger partial charge in [-0.15, -0.1) is 24.8 Å². The first-order valence-electron chi connectivity index (χ1n) is 14.9. The Balaban J connectivity index is 0.00000220. The third-order valence-corrected chi connectivity index (χ3v) is 9.34. The molecule has 2 amide bonds. The SMILES string of the molecule is CCCCN1C(=O)[C@H](CC2CCCCC2)NC(=O)C12CCN(Cc1c(C)nn(-c3ccccc3)c1C)CC2.Cl.Cl. The highest BCUT2D eigenvalue weighted by molar-refractivity contribution is 6.00. The number of piperazine rings is 1. The molecular formula is C31H47Cl2N5O2. The summed E-state index contributed by atoms with van der Waals surface area (Å²) in [5, 5.41) is 8.05. The molecule has 3 heterocycles. The highest BCUT2D eigenvalue weighted by atomic mass is 35.5. The zero-order valence-electron chi connectivity index (χ0n) is 24.4. The number of rotatable bonds is 8. The monoisotopic (exact) mass is 591 g/mol. The Kier molecular flexibility index (Phi) is 11.5. The molecule has 1 aromatic carbocycles. The molecule has 7 nitrogen and oxygen atoms in total. The molecule has 2 saturated heterocycles. The average molecular weight is 593 g/mol. The van der Waals surface area contributed by atoms with Gasteiger partial charge in [0.2, 0.25) is 11.8 Å². The van der Waals surface area contributed by atoms with Crippen LogP contribution >= 0.6 is 24.8 Å². The van der Waals surface area contributed by atoms with Crippen molar-refractivity contribution in [1.82, 2.24) is 24.9 Å². The molecule has 0 bridgehead atoms. The number of carbonyl (C=O) groups excluding carboxylic acids is 2. The van der Waals surface area contributed by atoms with E-state index in [0.717, 1.165) is 56.0 Å². The maximum absolute atomic E-state index is 13.8. The number of hydrogen-bond acceptors (Lipinski definition) is 4. The molecule has 2 aliphatic heterocycles. The number of benzene rings is 1. The van der Waals surface area contributed by atoms with Crippen molar-refractivity contribution in [2.24, 2.45) is 5.92 Å². The first-order valence-corrected chi connectivity index (χ1v) is 14.9. The van der Waals surface area contributed by atoms with Gasteiger partial charge in [0.25, 0.3) is 0 Å². The van der Waals surface area contributed by atoms with Crippen LogP contribution in [0.2, 0.25) is 0 Å². The molecule has 3 fully saturated rings. The Morgan fingerprint density at radius 3 is 2.33 bits per heavy atom. The van der Waals surface area contributed by atoms with E-state index in [0.29, 0.717) is 25.3 Å². The molecule has 40 heavy (non-hydrogen) atoms. The summed E-state index contributed by atoms with van der Waals surface area (Å²) in [6.45, 7) is 9.47. The third kappa shape index (κ3) is 6.52. The van der Waals surface area contributed by atoms with Crippen molar-refractivity contribution >= 4 is 36.6 Å². The first kappa shape index (κ1) is 32.4. The van der Waals surface area contributed by atoms with E-state index in [4.69, 9.17) is 5.10 Å². The fourth-order valence-electron chi connectivity index (χ4n) is 6.96. The Labute approximate surface area is 252 Å². The van der Waals surface area contributed by atoms with Gasteiger partial charge in [0.15, 0.2) is 0 Å². The summed E-state index contributed by atoms with van der Waals surface area (Å²) in [4.78, 5) is 32.0. The van der Waals surface area contributed by atoms with Gasteiger partial charge in [-0.25, -0.2) is 4.68 Å². The summed E-state index contributed by atoms with van der Waals surface area (Å²) in [5.41, 5.74) is 3.83. The van der Waals surface area contributed by atoms with Gasteiger partial charge in [-0.2, -0.15) is 5.10 Å². The Bertz CT molecular complexity index is 1120. The van der Waals surface area contributed by atoms with Gasteiger partial charge in [-0.1, -0.05) is 63.6 Å². The van der Waals surface area contributed by atoms with Crippen LogP contribution in [0.5, 0.6) is 0 Å². The molecule has 222 valence electrons. The fourth-order valence-corrected chi connectivity index (χ4v) is 6.96. The van der Waals surface area contributed by atoms with Crippen LogP contribution < -0.4 is 5.32 Å². The van der Waals surface area contributed by atoms with Crippen LogP contribution in [0.1, 0.15) is 88.1 Å². The third-order valence-electron chi connectivity index (χ3n) is 9.34. The summed E-state index contributed by atoms with van der Waals surface area (Å²) >= 11 is 0. The van der Waals surface area contributed by atoms with Gasteiger partial charge < -0.3 is 10.2 Å². The summed E-state index contributed by atoms with van der Waals surface area (Å²) < 4.78 is 2.03. The van der Waals surface area contributed by atoms with E-state index in [-0.39, 0.29) is 42.7 Å². The number of aryl methyl sites for hydroxylation is 1. The van der Waals surface area contributed by atoms with Crippen LogP contribution in [0.25, 0.3) is 5.69 Å². The van der Waals surface area contributed by atoms with Gasteiger partial charge in [0, 0.05) is 37.4 Å². The maximum atomic E-state index is 13.8. The number of aromatic nitrogens is 2. The lowest BCUT2D eigenvalue weighted by molar-refractivity contribution is -0.162. The van der Waals surface area contributed by atoms with Crippen LogP contribution in [-0.2, 0) is 16.1 Å². The van der Waals surface area contributed by atoms with Crippen molar-refractivity contribution in [3.8, 4) is 5.69 Å². The number of nitrogens with zero attached hydrogens (tertiary/aromatic N) is 4. The number of unbranched alkanes of at least 4 members (excludes halogenated alkanes) is 1. The van der Waals surface area contributed by atoms with Crippen LogP contribution in [-0.4, -0.2) is 62.6 Å². The molecule has 1 aliphatic carbocycles. The minimum absolute atomic E-state index is 0. The largest absolute Gasteiger partial charge is 0.342 e. The van der Waals surface area contributed by atoms with Crippen LogP contribution in [0, 0.1) is 19.8 Å². The molecule has 9 heteroatoms. The lowest BCUT2D eigenvalue weighted by Gasteiger charge is -2.52. The average Bonchev–Trinajstić information content (AvgIpc) is 3.22. The number of halogens is 2. The van der Waals surface area contributed by atoms with E-state index in [1.807, 2.05) is 27.8 Å². The molecule has 1 spiro atoms. The van der Waals surface area contributed by atoms with E-state index < -0.39 is 5.54 Å². The second-order valence-corrected chi connectivity index (χ2v) is 11.8. The maximum Gasteiger partial charge on any atom is 0.246 e. The van der Waals surface area contributed by atoms with E-state index in [2.05, 4.69) is 43.1 Å². The molecule has 1 atom stereocenters. The minimum atomic E-state index is -0.704. The molecule has 1 aromatic heterocycles. The Morgan fingerprint density at radius 2 is 1.68 bits per heavy atom. The van der Waals surface area contributed by atoms with E-state index >= 15 is 0 Å². The molecule has 1 N–H and O–H groups in total. The van der Waals surface area contributed by atoms with Gasteiger partial charge in [0.1, 0.15) is 11.6 Å². The van der Waals surface area contributed by atoms with E-state index in [9.17, 15) is 9.59 Å². The fraction of sp³-hybridized carbons (Fsp3) is 0.645. The number of carbonyl (C=O) groups is 2. The standard InChI is InChI=1S/C31H45N5O2.2ClH/c1-4-5-18-35-29(37)28(21-25-12-8-6-9-13-25)32-30(38)31(35)16-19-34(20-17-31)22-27-23(2)33-36(24(27)3)26-14-10-7-11-15-26;;/h7,10-11,14-15,25,28H,4-6,8-9,12-13,16-22H2,1-3H3,(H,32,38);2*1H/t28-;;/m0../s1. The van der Waals surface area contributed by atoms with Gasteiger partial charge in [-0.3, -0.25) is 14.5 Å². The van der Waals surface area contributed by atoms with Crippen molar-refractivity contribution in [3.05, 3.63) is 47.3 Å². The summed E-state index contributed by atoms with van der Waals surface area (Å²) in [6.07, 6.45) is 10.3. The van der Waals surface area contributed by atoms with Gasteiger partial charge >= 0.3 is 0 Å². The Morgan fingerprint density at radius 1 is 1.00 bits per heavy atom. The molecule has 2 aromatic rings. The lowest BCUT2D eigenvalue weighted by Crippen LogP contribution is -2.73. The van der Waals surface area contributed by atoms with E-state index in [1.54, 1.807) is 0 Å². The smallest absolute Gasteiger partial charge is 0.246 e. The summed E-state index contributed by atoms with van der Waals surface area (Å²) in [7, 11) is 0. The number of hydrogen-bond donors (Lipinski definition) is 1. The second-order valence-electron chi connectivity index (χ2n) is 11.8. The molecule has 0 unspecified atom stereocenters. The lowest BCUT2D eigenvalue weighted by atomic mass is 9.79. The van der Waals surface area contributed by atoms with Crippen LogP contribution in [0.4, 0.5) is 0 Å². The second kappa shape index (κ2) is 14.2. The quantitative estimate of drug-likeness (QED) is 0.423. The Hall–Kier alpha value is -2.09. The molecule has 0 radical (unpaired) electrons.